The molecule has 0 N–H and O–H groups in total. The van der Waals surface area contributed by atoms with E-state index in [0.29, 0.717) is 0 Å². The molecule has 1 aliphatic rings. The van der Waals surface area contributed by atoms with Gasteiger partial charge in [-0.1, -0.05) is 13.0 Å². The second kappa shape index (κ2) is 3.06. The Morgan fingerprint density at radius 1 is 1.70 bits per heavy atom. The maximum atomic E-state index is 5.27. The van der Waals surface area contributed by atoms with Crippen molar-refractivity contribution in [3.8, 4) is 0 Å². The van der Waals surface area contributed by atoms with E-state index in [1.165, 1.54) is 16.5 Å². The van der Waals surface area contributed by atoms with Gasteiger partial charge in [-0.3, -0.25) is 0 Å². The molecule has 0 aromatic heterocycles. The Morgan fingerprint density at radius 2 is 2.40 bits per heavy atom. The first-order chi connectivity index (χ1) is 4.79. The van der Waals surface area contributed by atoms with Gasteiger partial charge in [0, 0.05) is 10.2 Å². The van der Waals surface area contributed by atoms with Crippen LogP contribution < -0.4 is 0 Å². The largest absolute Gasteiger partial charge is 0.497 e. The Bertz CT molecular complexity index is 191. The fourth-order valence-electron chi connectivity index (χ4n) is 1.35. The van der Waals surface area contributed by atoms with Crippen LogP contribution in [0.2, 0.25) is 0 Å². The summed E-state index contributed by atoms with van der Waals surface area (Å²) in [7, 11) is 2.91. The fraction of sp³-hybridized carbons (Fsp3) is 0.500. The zero-order valence-electron chi connectivity index (χ0n) is 6.90. The minimum absolute atomic E-state index is 1.11. The maximum Gasteiger partial charge on any atom is 0.116 e. The zero-order chi connectivity index (χ0) is 7.56. The Kier molecular flexibility index (Phi) is 2.32. The summed E-state index contributed by atoms with van der Waals surface area (Å²) in [5.74, 6) is 1.18. The molecule has 0 radical (unpaired) electrons. The van der Waals surface area contributed by atoms with Crippen LogP contribution in [0.5, 0.6) is 0 Å². The lowest BCUT2D eigenvalue weighted by Gasteiger charge is -2.05. The molecule has 0 saturated heterocycles. The summed E-state index contributed by atoms with van der Waals surface area (Å²) in [4.78, 5) is 0. The van der Waals surface area contributed by atoms with Crippen molar-refractivity contribution in [3.63, 3.8) is 0 Å². The van der Waals surface area contributed by atoms with Crippen LogP contribution in [0.4, 0.5) is 0 Å². The molecule has 0 unspecified atom stereocenters. The molecule has 0 aromatic carbocycles. The predicted octanol–water partition coefficient (Wildman–Crippen LogP) is 0.950. The molecule has 0 aromatic rings. The van der Waals surface area contributed by atoms with Gasteiger partial charge in [-0.15, -0.1) is 0 Å². The van der Waals surface area contributed by atoms with E-state index in [1.54, 1.807) is 7.11 Å². The Hall–Kier alpha value is -0.503. The highest BCUT2D eigenvalue weighted by atomic mass is 28.1. The highest BCUT2D eigenvalue weighted by molar-refractivity contribution is 6.22. The van der Waals surface area contributed by atoms with Crippen molar-refractivity contribution in [2.24, 2.45) is 0 Å². The van der Waals surface area contributed by atoms with Gasteiger partial charge < -0.3 is 4.74 Å². The average molecular weight is 154 g/mol. The molecule has 1 rings (SSSR count). The van der Waals surface area contributed by atoms with E-state index in [-0.39, 0.29) is 0 Å². The van der Waals surface area contributed by atoms with Crippen LogP contribution in [0.15, 0.2) is 22.6 Å². The third-order valence-electron chi connectivity index (χ3n) is 1.92. The van der Waals surface area contributed by atoms with Gasteiger partial charge in [0.1, 0.15) is 5.76 Å². The van der Waals surface area contributed by atoms with Crippen molar-refractivity contribution in [3.05, 3.63) is 22.6 Å². The van der Waals surface area contributed by atoms with Gasteiger partial charge >= 0.3 is 0 Å². The third kappa shape index (κ3) is 1.16. The molecule has 0 bridgehead atoms. The summed E-state index contributed by atoms with van der Waals surface area (Å²) in [6.45, 7) is 2.17. The third-order valence-corrected chi connectivity index (χ3v) is 2.78. The Balaban J connectivity index is 2.79. The summed E-state index contributed by atoms with van der Waals surface area (Å²) >= 11 is 0. The molecule has 0 saturated carbocycles. The lowest BCUT2D eigenvalue weighted by Crippen LogP contribution is -1.91. The van der Waals surface area contributed by atoms with E-state index in [1.807, 2.05) is 0 Å². The molecule has 0 heterocycles. The molecular weight excluding hydrogens is 140 g/mol. The first-order valence-corrected chi connectivity index (χ1v) is 4.72. The first-order valence-electron chi connectivity index (χ1n) is 3.72. The van der Waals surface area contributed by atoms with Gasteiger partial charge in [-0.25, -0.2) is 0 Å². The average Bonchev–Trinajstić information content (AvgIpc) is 2.30. The number of ether oxygens (including phenoxy) is 1. The van der Waals surface area contributed by atoms with Gasteiger partial charge in [-0.05, 0) is 23.6 Å². The van der Waals surface area contributed by atoms with Crippen LogP contribution >= 0.6 is 0 Å². The van der Waals surface area contributed by atoms with Crippen LogP contribution in [0.3, 0.4) is 0 Å². The summed E-state index contributed by atoms with van der Waals surface area (Å²) in [6, 6.07) is 0. The lowest BCUT2D eigenvalue weighted by molar-refractivity contribution is 0.299. The molecule has 56 valence electrons. The molecule has 0 atom stereocenters. The summed E-state index contributed by atoms with van der Waals surface area (Å²) in [5, 5.41) is 1.50. The van der Waals surface area contributed by atoms with Gasteiger partial charge in [0.15, 0.2) is 0 Å². The lowest BCUT2D eigenvalue weighted by atomic mass is 10.2. The highest BCUT2D eigenvalue weighted by Crippen LogP contribution is 2.26. The van der Waals surface area contributed by atoms with Crippen LogP contribution in [-0.4, -0.2) is 17.4 Å². The molecule has 0 amide bonds. The molecule has 0 spiro atoms. The van der Waals surface area contributed by atoms with E-state index in [0.717, 1.165) is 23.1 Å². The molecule has 0 fully saturated rings. The second-order valence-corrected chi connectivity index (χ2v) is 3.81. The van der Waals surface area contributed by atoms with E-state index in [9.17, 15) is 0 Å². The van der Waals surface area contributed by atoms with Crippen LogP contribution in [-0.2, 0) is 4.74 Å². The topological polar surface area (TPSA) is 9.23 Å². The quantitative estimate of drug-likeness (QED) is 0.538. The highest BCUT2D eigenvalue weighted by Gasteiger charge is 2.12. The summed E-state index contributed by atoms with van der Waals surface area (Å²) in [5.41, 5.74) is 1.40. The standard InChI is InChI=1S/C8H14OSi/c1-3-6-4-5-7(10)8(6)9-2/h4H,3,5H2,1-2,10H3. The Morgan fingerprint density at radius 3 is 2.80 bits per heavy atom. The normalized spacial score (nSPS) is 18.0. The van der Waals surface area contributed by atoms with Crippen molar-refractivity contribution in [2.45, 2.75) is 19.8 Å². The minimum atomic E-state index is 1.11. The van der Waals surface area contributed by atoms with Crippen LogP contribution in [0.1, 0.15) is 19.8 Å². The summed E-state index contributed by atoms with van der Waals surface area (Å²) in [6.07, 6.45) is 4.52. The van der Waals surface area contributed by atoms with Crippen LogP contribution in [0.25, 0.3) is 0 Å². The first kappa shape index (κ1) is 7.60. The molecule has 0 aliphatic heterocycles. The van der Waals surface area contributed by atoms with Crippen molar-refractivity contribution in [1.82, 2.24) is 0 Å². The van der Waals surface area contributed by atoms with E-state index in [2.05, 4.69) is 13.0 Å². The maximum absolute atomic E-state index is 5.27. The predicted molar refractivity (Wildman–Crippen MR) is 47.0 cm³/mol. The number of hydrogen-bond donors (Lipinski definition) is 0. The second-order valence-electron chi connectivity index (χ2n) is 2.60. The monoisotopic (exact) mass is 154 g/mol. The minimum Gasteiger partial charge on any atom is -0.497 e. The van der Waals surface area contributed by atoms with E-state index < -0.39 is 0 Å². The molecular formula is C8H14OSi. The summed E-state index contributed by atoms with van der Waals surface area (Å²) < 4.78 is 5.27. The number of rotatable bonds is 2. The van der Waals surface area contributed by atoms with E-state index in [4.69, 9.17) is 4.74 Å². The number of allylic oxidation sites excluding steroid dienone is 3. The smallest absolute Gasteiger partial charge is 0.116 e. The fourth-order valence-corrected chi connectivity index (χ4v) is 2.08. The van der Waals surface area contributed by atoms with Gasteiger partial charge in [-0.2, -0.15) is 0 Å². The molecule has 1 aliphatic carbocycles. The molecule has 10 heavy (non-hydrogen) atoms. The Labute approximate surface area is 65.2 Å². The zero-order valence-corrected chi connectivity index (χ0v) is 8.90. The van der Waals surface area contributed by atoms with Crippen molar-refractivity contribution < 1.29 is 4.74 Å². The van der Waals surface area contributed by atoms with Crippen molar-refractivity contribution >= 4 is 10.2 Å². The molecule has 2 heteroatoms. The van der Waals surface area contributed by atoms with Crippen molar-refractivity contribution in [2.75, 3.05) is 7.11 Å². The van der Waals surface area contributed by atoms with Gasteiger partial charge in [0.2, 0.25) is 0 Å². The van der Waals surface area contributed by atoms with Gasteiger partial charge in [0.25, 0.3) is 0 Å². The van der Waals surface area contributed by atoms with Crippen molar-refractivity contribution in [1.29, 1.82) is 0 Å². The number of hydrogen-bond acceptors (Lipinski definition) is 1. The number of methoxy groups -OCH3 is 1. The molecule has 1 nitrogen and oxygen atoms in total. The van der Waals surface area contributed by atoms with Crippen LogP contribution in [0, 0.1) is 0 Å². The SMILES string of the molecule is CCC1=CCC([SiH3])=C1OC. The van der Waals surface area contributed by atoms with Gasteiger partial charge in [0.05, 0.1) is 7.11 Å². The van der Waals surface area contributed by atoms with E-state index >= 15 is 0 Å².